The Kier molecular flexibility index (Phi) is 4.23. The van der Waals surface area contributed by atoms with E-state index in [-0.39, 0.29) is 6.61 Å². The number of benzene rings is 1. The maximum atomic E-state index is 8.44. The van der Waals surface area contributed by atoms with Crippen LogP contribution < -0.4 is 10.1 Å². The van der Waals surface area contributed by atoms with Crippen LogP contribution in [0.3, 0.4) is 0 Å². The summed E-state index contributed by atoms with van der Waals surface area (Å²) < 4.78 is 10.8. The molecule has 0 aromatic heterocycles. The SMILES string of the molecule is N#CCOc1cccc(NCC2CCCO2)c1. The molecule has 1 aromatic rings. The second-order valence-electron chi connectivity index (χ2n) is 3.99. The molecular weight excluding hydrogens is 216 g/mol. The van der Waals surface area contributed by atoms with Crippen molar-refractivity contribution in [3.63, 3.8) is 0 Å². The summed E-state index contributed by atoms with van der Waals surface area (Å²) in [6.07, 6.45) is 2.59. The van der Waals surface area contributed by atoms with Gasteiger partial charge in [0.1, 0.15) is 11.8 Å². The van der Waals surface area contributed by atoms with Gasteiger partial charge in [0.2, 0.25) is 0 Å². The van der Waals surface area contributed by atoms with Crippen LogP contribution in [0.4, 0.5) is 5.69 Å². The Bertz CT molecular complexity index is 395. The van der Waals surface area contributed by atoms with Gasteiger partial charge in [0, 0.05) is 24.9 Å². The molecule has 1 N–H and O–H groups in total. The normalized spacial score (nSPS) is 18.6. The minimum absolute atomic E-state index is 0.0786. The van der Waals surface area contributed by atoms with Crippen molar-refractivity contribution in [2.45, 2.75) is 18.9 Å². The molecule has 1 saturated heterocycles. The Labute approximate surface area is 101 Å². The average Bonchev–Trinajstić information content (AvgIpc) is 2.87. The number of nitriles is 1. The molecule has 90 valence electrons. The van der Waals surface area contributed by atoms with Gasteiger partial charge >= 0.3 is 0 Å². The van der Waals surface area contributed by atoms with E-state index < -0.39 is 0 Å². The van der Waals surface area contributed by atoms with Crippen LogP contribution in [-0.4, -0.2) is 25.9 Å². The van der Waals surface area contributed by atoms with Crippen LogP contribution in [0.5, 0.6) is 5.75 Å². The first kappa shape index (κ1) is 11.7. The number of nitrogens with one attached hydrogen (secondary N) is 1. The number of nitrogens with zero attached hydrogens (tertiary/aromatic N) is 1. The third kappa shape index (κ3) is 3.65. The van der Waals surface area contributed by atoms with E-state index in [1.807, 2.05) is 30.3 Å². The second-order valence-corrected chi connectivity index (χ2v) is 3.99. The van der Waals surface area contributed by atoms with Crippen molar-refractivity contribution in [3.05, 3.63) is 24.3 Å². The molecule has 0 aliphatic carbocycles. The Morgan fingerprint density at radius 3 is 3.24 bits per heavy atom. The maximum Gasteiger partial charge on any atom is 0.174 e. The zero-order valence-corrected chi connectivity index (χ0v) is 9.69. The molecule has 1 atom stereocenters. The lowest BCUT2D eigenvalue weighted by molar-refractivity contribution is 0.120. The minimum atomic E-state index is 0.0786. The van der Waals surface area contributed by atoms with Crippen LogP contribution in [0.1, 0.15) is 12.8 Å². The molecule has 17 heavy (non-hydrogen) atoms. The summed E-state index contributed by atoms with van der Waals surface area (Å²) >= 11 is 0. The third-order valence-electron chi connectivity index (χ3n) is 2.70. The summed E-state index contributed by atoms with van der Waals surface area (Å²) in [5.41, 5.74) is 0.996. The van der Waals surface area contributed by atoms with Gasteiger partial charge in [-0.2, -0.15) is 5.26 Å². The van der Waals surface area contributed by atoms with Crippen molar-refractivity contribution in [2.75, 3.05) is 25.1 Å². The molecule has 0 spiro atoms. The lowest BCUT2D eigenvalue weighted by Crippen LogP contribution is -2.18. The van der Waals surface area contributed by atoms with E-state index in [0.717, 1.165) is 31.7 Å². The molecule has 1 heterocycles. The van der Waals surface area contributed by atoms with Gasteiger partial charge in [-0.1, -0.05) is 6.07 Å². The Hall–Kier alpha value is -1.73. The van der Waals surface area contributed by atoms with Gasteiger partial charge in [0.05, 0.1) is 6.10 Å². The van der Waals surface area contributed by atoms with Crippen LogP contribution in [0.15, 0.2) is 24.3 Å². The van der Waals surface area contributed by atoms with Gasteiger partial charge in [-0.15, -0.1) is 0 Å². The van der Waals surface area contributed by atoms with Gasteiger partial charge in [-0.05, 0) is 25.0 Å². The lowest BCUT2D eigenvalue weighted by Gasteiger charge is -2.12. The lowest BCUT2D eigenvalue weighted by atomic mass is 10.2. The van der Waals surface area contributed by atoms with Crippen LogP contribution in [-0.2, 0) is 4.74 Å². The number of hydrogen-bond donors (Lipinski definition) is 1. The first-order chi connectivity index (χ1) is 8.38. The minimum Gasteiger partial charge on any atom is -0.479 e. The highest BCUT2D eigenvalue weighted by atomic mass is 16.5. The number of hydrogen-bond acceptors (Lipinski definition) is 4. The molecule has 0 bridgehead atoms. The quantitative estimate of drug-likeness (QED) is 0.845. The zero-order chi connectivity index (χ0) is 11.9. The first-order valence-corrected chi connectivity index (χ1v) is 5.84. The molecule has 2 rings (SSSR count). The van der Waals surface area contributed by atoms with E-state index in [4.69, 9.17) is 14.7 Å². The Morgan fingerprint density at radius 2 is 2.47 bits per heavy atom. The summed E-state index contributed by atoms with van der Waals surface area (Å²) in [6.45, 7) is 1.77. The zero-order valence-electron chi connectivity index (χ0n) is 9.69. The topological polar surface area (TPSA) is 54.3 Å². The van der Waals surface area contributed by atoms with Gasteiger partial charge in [-0.3, -0.25) is 0 Å². The molecule has 4 heteroatoms. The van der Waals surface area contributed by atoms with Crippen molar-refractivity contribution in [1.82, 2.24) is 0 Å². The Balaban J connectivity index is 1.85. The van der Waals surface area contributed by atoms with Gasteiger partial charge in [-0.25, -0.2) is 0 Å². The van der Waals surface area contributed by atoms with Gasteiger partial charge in [0.25, 0.3) is 0 Å². The van der Waals surface area contributed by atoms with Crippen molar-refractivity contribution < 1.29 is 9.47 Å². The van der Waals surface area contributed by atoms with Crippen molar-refractivity contribution in [3.8, 4) is 11.8 Å². The van der Waals surface area contributed by atoms with Crippen LogP contribution in [0.2, 0.25) is 0 Å². The highest BCUT2D eigenvalue weighted by Gasteiger charge is 2.14. The summed E-state index contributed by atoms with van der Waals surface area (Å²) in [6, 6.07) is 9.57. The maximum absolute atomic E-state index is 8.44. The molecule has 1 aromatic carbocycles. The Morgan fingerprint density at radius 1 is 1.53 bits per heavy atom. The molecule has 1 aliphatic heterocycles. The van der Waals surface area contributed by atoms with Crippen molar-refractivity contribution in [2.24, 2.45) is 0 Å². The van der Waals surface area contributed by atoms with Gasteiger partial charge < -0.3 is 14.8 Å². The predicted molar refractivity (Wildman–Crippen MR) is 65.0 cm³/mol. The molecule has 4 nitrogen and oxygen atoms in total. The summed E-state index contributed by atoms with van der Waals surface area (Å²) in [5.74, 6) is 0.712. The highest BCUT2D eigenvalue weighted by molar-refractivity contribution is 5.48. The number of ether oxygens (including phenoxy) is 2. The van der Waals surface area contributed by atoms with Crippen molar-refractivity contribution >= 4 is 5.69 Å². The van der Waals surface area contributed by atoms with Crippen LogP contribution in [0.25, 0.3) is 0 Å². The fourth-order valence-corrected chi connectivity index (χ4v) is 1.85. The van der Waals surface area contributed by atoms with E-state index in [1.54, 1.807) is 0 Å². The molecular formula is C13H16N2O2. The van der Waals surface area contributed by atoms with Crippen LogP contribution in [0, 0.1) is 11.3 Å². The summed E-state index contributed by atoms with van der Waals surface area (Å²) in [5, 5.41) is 11.8. The first-order valence-electron chi connectivity index (χ1n) is 5.84. The van der Waals surface area contributed by atoms with Crippen LogP contribution >= 0.6 is 0 Å². The molecule has 1 fully saturated rings. The van der Waals surface area contributed by atoms with E-state index in [1.165, 1.54) is 0 Å². The largest absolute Gasteiger partial charge is 0.479 e. The molecule has 1 aliphatic rings. The smallest absolute Gasteiger partial charge is 0.174 e. The molecule has 0 radical (unpaired) electrons. The fraction of sp³-hybridized carbons (Fsp3) is 0.462. The highest BCUT2D eigenvalue weighted by Crippen LogP contribution is 2.18. The monoisotopic (exact) mass is 232 g/mol. The van der Waals surface area contributed by atoms with E-state index in [0.29, 0.717) is 11.9 Å². The van der Waals surface area contributed by atoms with Gasteiger partial charge in [0.15, 0.2) is 6.61 Å². The predicted octanol–water partition coefficient (Wildman–Crippen LogP) is 2.18. The fourth-order valence-electron chi connectivity index (χ4n) is 1.85. The number of anilines is 1. The molecule has 0 saturated carbocycles. The second kappa shape index (κ2) is 6.12. The van der Waals surface area contributed by atoms with E-state index in [2.05, 4.69) is 5.32 Å². The summed E-state index contributed by atoms with van der Waals surface area (Å²) in [4.78, 5) is 0. The molecule has 0 amide bonds. The molecule has 1 unspecified atom stereocenters. The van der Waals surface area contributed by atoms with E-state index >= 15 is 0 Å². The summed E-state index contributed by atoms with van der Waals surface area (Å²) in [7, 11) is 0. The van der Waals surface area contributed by atoms with Crippen molar-refractivity contribution in [1.29, 1.82) is 5.26 Å². The third-order valence-corrected chi connectivity index (χ3v) is 2.70. The number of rotatable bonds is 5. The van der Waals surface area contributed by atoms with E-state index in [9.17, 15) is 0 Å². The standard InChI is InChI=1S/C13H16N2O2/c14-6-8-17-12-4-1-3-11(9-12)15-10-13-5-2-7-16-13/h1,3-4,9,13,15H,2,5,7-8,10H2. The average molecular weight is 232 g/mol.